The Kier molecular flexibility index (Phi) is 5.00. The number of hydrogen-bond donors (Lipinski definition) is 0. The summed E-state index contributed by atoms with van der Waals surface area (Å²) in [7, 11) is 0. The number of rotatable bonds is 5. The minimum Gasteiger partial charge on any atom is -0.457 e. The van der Waals surface area contributed by atoms with Gasteiger partial charge >= 0.3 is 5.97 Å². The largest absolute Gasteiger partial charge is 0.457 e. The molecule has 0 amide bonds. The molecule has 0 radical (unpaired) electrons. The van der Waals surface area contributed by atoms with E-state index in [4.69, 9.17) is 4.74 Å². The number of ether oxygens (including phenoxy) is 1. The third-order valence-corrected chi connectivity index (χ3v) is 6.11. The Morgan fingerprint density at radius 2 is 1.50 bits per heavy atom. The van der Waals surface area contributed by atoms with Crippen molar-refractivity contribution >= 4 is 44.4 Å². The summed E-state index contributed by atoms with van der Waals surface area (Å²) in [4.78, 5) is 12.3. The van der Waals surface area contributed by atoms with Crippen molar-refractivity contribution in [3.8, 4) is 0 Å². The Morgan fingerprint density at radius 3 is 2.20 bits per heavy atom. The molecular formula is C28H26O2. The Hall–Kier alpha value is -3.13. The van der Waals surface area contributed by atoms with E-state index in [2.05, 4.69) is 79.7 Å². The van der Waals surface area contributed by atoms with Gasteiger partial charge in [0.2, 0.25) is 0 Å². The maximum absolute atomic E-state index is 12.3. The van der Waals surface area contributed by atoms with Crippen LogP contribution in [-0.4, -0.2) is 5.97 Å². The van der Waals surface area contributed by atoms with Crippen LogP contribution >= 0.6 is 0 Å². The molecule has 2 nitrogen and oxygen atoms in total. The lowest BCUT2D eigenvalue weighted by molar-refractivity contribution is -0.149. The molecule has 2 heteroatoms. The fourth-order valence-electron chi connectivity index (χ4n) is 4.50. The van der Waals surface area contributed by atoms with Gasteiger partial charge in [-0.2, -0.15) is 0 Å². The van der Waals surface area contributed by atoms with Gasteiger partial charge in [-0.15, -0.1) is 0 Å². The van der Waals surface area contributed by atoms with Crippen molar-refractivity contribution in [1.82, 2.24) is 0 Å². The van der Waals surface area contributed by atoms with Crippen LogP contribution in [0.4, 0.5) is 0 Å². The number of carbonyl (C=O) groups is 1. The highest BCUT2D eigenvalue weighted by Crippen LogP contribution is 2.36. The minimum atomic E-state index is -0.184. The Morgan fingerprint density at radius 1 is 0.867 bits per heavy atom. The van der Waals surface area contributed by atoms with Gasteiger partial charge in [0.25, 0.3) is 0 Å². The molecule has 4 aromatic carbocycles. The first-order valence-electron chi connectivity index (χ1n) is 11.0. The first-order chi connectivity index (χ1) is 14.7. The molecule has 0 saturated carbocycles. The number of carbonyl (C=O) groups excluding carboxylic acids is 1. The summed E-state index contributed by atoms with van der Waals surface area (Å²) in [6.45, 7) is 2.14. The molecule has 0 aromatic heterocycles. The number of hydrogen-bond acceptors (Lipinski definition) is 2. The molecule has 0 bridgehead atoms. The highest BCUT2D eigenvalue weighted by atomic mass is 16.5. The van der Waals surface area contributed by atoms with Crippen LogP contribution in [0.3, 0.4) is 0 Å². The average Bonchev–Trinajstić information content (AvgIpc) is 2.75. The van der Waals surface area contributed by atoms with Crippen molar-refractivity contribution in [3.63, 3.8) is 0 Å². The molecule has 0 fully saturated rings. The molecule has 1 aliphatic carbocycles. The van der Waals surface area contributed by atoms with Crippen LogP contribution in [0.15, 0.2) is 66.7 Å². The number of fused-ring (bicyclic) bond motifs is 4. The summed E-state index contributed by atoms with van der Waals surface area (Å²) >= 11 is 0. The van der Waals surface area contributed by atoms with E-state index in [1.54, 1.807) is 0 Å². The topological polar surface area (TPSA) is 26.3 Å². The summed E-state index contributed by atoms with van der Waals surface area (Å²) < 4.78 is 5.87. The smallest absolute Gasteiger partial charge is 0.306 e. The second-order valence-corrected chi connectivity index (χ2v) is 8.30. The quantitative estimate of drug-likeness (QED) is 0.197. The van der Waals surface area contributed by atoms with E-state index in [1.165, 1.54) is 32.3 Å². The van der Waals surface area contributed by atoms with Crippen LogP contribution in [0.1, 0.15) is 56.3 Å². The molecule has 4 aromatic rings. The lowest BCUT2D eigenvalue weighted by atomic mass is 9.90. The third kappa shape index (κ3) is 3.59. The van der Waals surface area contributed by atoms with Crippen LogP contribution < -0.4 is 0 Å². The van der Waals surface area contributed by atoms with Gasteiger partial charge < -0.3 is 4.74 Å². The second kappa shape index (κ2) is 7.95. The van der Waals surface area contributed by atoms with Crippen LogP contribution in [0, 0.1) is 0 Å². The second-order valence-electron chi connectivity index (χ2n) is 8.30. The van der Waals surface area contributed by atoms with Gasteiger partial charge in [0, 0.05) is 18.4 Å². The summed E-state index contributed by atoms with van der Waals surface area (Å²) in [5, 5.41) is 7.41. The third-order valence-electron chi connectivity index (χ3n) is 6.11. The molecule has 0 heterocycles. The van der Waals surface area contributed by atoms with E-state index in [9.17, 15) is 4.79 Å². The number of esters is 1. The highest BCUT2D eigenvalue weighted by Gasteiger charge is 2.21. The van der Waals surface area contributed by atoms with Gasteiger partial charge in [0.15, 0.2) is 0 Å². The van der Waals surface area contributed by atoms with Crippen molar-refractivity contribution < 1.29 is 9.53 Å². The zero-order chi connectivity index (χ0) is 20.5. The zero-order valence-corrected chi connectivity index (χ0v) is 17.4. The maximum atomic E-state index is 12.3. The molecule has 30 heavy (non-hydrogen) atoms. The summed E-state index contributed by atoms with van der Waals surface area (Å²) in [5.74, 6) is -0.0835. The lowest BCUT2D eigenvalue weighted by Gasteiger charge is -2.23. The minimum absolute atomic E-state index is 0.0835. The first kappa shape index (κ1) is 18.9. The monoisotopic (exact) mass is 394 g/mol. The number of benzene rings is 4. The van der Waals surface area contributed by atoms with Crippen molar-refractivity contribution in [2.24, 2.45) is 0 Å². The van der Waals surface area contributed by atoms with Crippen molar-refractivity contribution in [3.05, 3.63) is 77.9 Å². The molecule has 1 unspecified atom stereocenters. The summed E-state index contributed by atoms with van der Waals surface area (Å²) in [6.07, 6.45) is 8.43. The van der Waals surface area contributed by atoms with Gasteiger partial charge in [-0.3, -0.25) is 4.79 Å². The predicted octanol–water partition coefficient (Wildman–Crippen LogP) is 7.73. The highest BCUT2D eigenvalue weighted by molar-refractivity contribution is 6.05. The summed E-state index contributed by atoms with van der Waals surface area (Å²) in [5.41, 5.74) is 2.27. The Bertz CT molecular complexity index is 1280. The lowest BCUT2D eigenvalue weighted by Crippen LogP contribution is -2.13. The standard InChI is InChI=1S/C28H26O2/c1-2-3-4-12-28(29)30-27-11-7-10-21-15-24-16-22-13-19-8-5-6-9-20(19)14-23(22)17-25(24)18-26(21)27/h5-10,13-18,27H,2-4,11-12H2,1H3. The summed E-state index contributed by atoms with van der Waals surface area (Å²) in [6, 6.07) is 22.0. The molecule has 1 atom stereocenters. The van der Waals surface area contributed by atoms with E-state index < -0.39 is 0 Å². The zero-order valence-electron chi connectivity index (χ0n) is 17.4. The molecule has 0 aliphatic heterocycles. The normalized spacial score (nSPS) is 15.6. The SMILES string of the molecule is CCCCCC(=O)OC1CC=Cc2cc3cc4cc5ccccc5cc4cc3cc21. The first-order valence-corrected chi connectivity index (χ1v) is 11.0. The van der Waals surface area contributed by atoms with E-state index in [0.29, 0.717) is 6.42 Å². The van der Waals surface area contributed by atoms with Gasteiger partial charge in [0.05, 0.1) is 0 Å². The van der Waals surface area contributed by atoms with E-state index in [1.807, 2.05) is 0 Å². The van der Waals surface area contributed by atoms with E-state index in [0.717, 1.165) is 36.8 Å². The van der Waals surface area contributed by atoms with Crippen LogP contribution in [-0.2, 0) is 9.53 Å². The maximum Gasteiger partial charge on any atom is 0.306 e. The van der Waals surface area contributed by atoms with Crippen LogP contribution in [0.5, 0.6) is 0 Å². The average molecular weight is 395 g/mol. The van der Waals surface area contributed by atoms with Crippen LogP contribution in [0.2, 0.25) is 0 Å². The van der Waals surface area contributed by atoms with Crippen molar-refractivity contribution in [2.75, 3.05) is 0 Å². The van der Waals surface area contributed by atoms with Crippen molar-refractivity contribution in [1.29, 1.82) is 0 Å². The van der Waals surface area contributed by atoms with Crippen LogP contribution in [0.25, 0.3) is 38.4 Å². The molecule has 0 N–H and O–H groups in total. The fraction of sp³-hybridized carbons (Fsp3) is 0.250. The molecule has 0 spiro atoms. The molecule has 5 rings (SSSR count). The van der Waals surface area contributed by atoms with E-state index in [-0.39, 0.29) is 12.1 Å². The molecule has 0 saturated heterocycles. The van der Waals surface area contributed by atoms with Gasteiger partial charge in [-0.25, -0.2) is 0 Å². The number of unbranched alkanes of at least 4 members (excludes halogenated alkanes) is 2. The van der Waals surface area contributed by atoms with E-state index >= 15 is 0 Å². The van der Waals surface area contributed by atoms with Gasteiger partial charge in [-0.1, -0.05) is 56.2 Å². The fourth-order valence-corrected chi connectivity index (χ4v) is 4.50. The van der Waals surface area contributed by atoms with Crippen molar-refractivity contribution in [2.45, 2.75) is 45.1 Å². The van der Waals surface area contributed by atoms with Gasteiger partial charge in [0.1, 0.15) is 6.10 Å². The molecular weight excluding hydrogens is 368 g/mol. The molecule has 1 aliphatic rings. The molecule has 150 valence electrons. The predicted molar refractivity (Wildman–Crippen MR) is 126 cm³/mol. The Balaban J connectivity index is 1.53. The Labute approximate surface area is 177 Å². The van der Waals surface area contributed by atoms with Gasteiger partial charge in [-0.05, 0) is 80.7 Å².